The molecule has 1 fully saturated rings. The molecule has 1 atom stereocenters. The van der Waals surface area contributed by atoms with Gasteiger partial charge in [0.05, 0.1) is 10.5 Å². The summed E-state index contributed by atoms with van der Waals surface area (Å²) in [6.07, 6.45) is 2.87. The van der Waals surface area contributed by atoms with Gasteiger partial charge in [-0.05, 0) is 43.4 Å². The van der Waals surface area contributed by atoms with Gasteiger partial charge in [0.2, 0.25) is 10.0 Å². The predicted molar refractivity (Wildman–Crippen MR) is 79.9 cm³/mol. The zero-order valence-corrected chi connectivity index (χ0v) is 13.2. The van der Waals surface area contributed by atoms with Gasteiger partial charge >= 0.3 is 5.97 Å². The van der Waals surface area contributed by atoms with Crippen molar-refractivity contribution in [1.29, 1.82) is 0 Å². The first-order valence-electron chi connectivity index (χ1n) is 7.21. The Bertz CT molecular complexity index is 639. The maximum absolute atomic E-state index is 12.8. The van der Waals surface area contributed by atoms with Crippen LogP contribution in [-0.4, -0.2) is 36.9 Å². The van der Waals surface area contributed by atoms with Crippen LogP contribution in [-0.2, 0) is 10.0 Å². The van der Waals surface area contributed by atoms with Crippen molar-refractivity contribution in [2.45, 2.75) is 38.0 Å². The molecule has 0 radical (unpaired) electrons. The highest BCUT2D eigenvalue weighted by atomic mass is 32.2. The lowest BCUT2D eigenvalue weighted by Gasteiger charge is -2.31. The van der Waals surface area contributed by atoms with Gasteiger partial charge < -0.3 is 5.11 Å². The number of hydrogen-bond donors (Lipinski definition) is 1. The third-order valence-electron chi connectivity index (χ3n) is 4.19. The summed E-state index contributed by atoms with van der Waals surface area (Å²) in [6, 6.07) is 4.42. The molecule has 1 unspecified atom stereocenters. The number of nitrogens with zero attached hydrogens (tertiary/aromatic N) is 1. The van der Waals surface area contributed by atoms with Crippen LogP contribution in [0.3, 0.4) is 0 Å². The number of benzene rings is 1. The normalized spacial score (nSPS) is 20.4. The van der Waals surface area contributed by atoms with Crippen LogP contribution < -0.4 is 0 Å². The van der Waals surface area contributed by atoms with Crippen LogP contribution in [0.15, 0.2) is 23.1 Å². The minimum Gasteiger partial charge on any atom is -0.478 e. The third kappa shape index (κ3) is 3.11. The van der Waals surface area contributed by atoms with Gasteiger partial charge in [-0.15, -0.1) is 0 Å². The van der Waals surface area contributed by atoms with Crippen molar-refractivity contribution in [3.63, 3.8) is 0 Å². The molecular formula is C15H21NO4S. The van der Waals surface area contributed by atoms with Gasteiger partial charge in [-0.2, -0.15) is 4.31 Å². The van der Waals surface area contributed by atoms with Crippen LogP contribution in [0, 0.1) is 12.8 Å². The largest absolute Gasteiger partial charge is 0.478 e. The summed E-state index contributed by atoms with van der Waals surface area (Å²) in [5.74, 6) is -0.717. The first-order valence-corrected chi connectivity index (χ1v) is 8.65. The van der Waals surface area contributed by atoms with E-state index in [0.29, 0.717) is 24.6 Å². The SMILES string of the molecule is CCC1CCCN(S(=O)(=O)c2cccc(C(=O)O)c2C)C1. The van der Waals surface area contributed by atoms with E-state index in [1.807, 2.05) is 0 Å². The minimum absolute atomic E-state index is 0.0418. The molecular weight excluding hydrogens is 290 g/mol. The number of piperidine rings is 1. The molecule has 1 heterocycles. The fourth-order valence-electron chi connectivity index (χ4n) is 2.84. The summed E-state index contributed by atoms with van der Waals surface area (Å²) in [5, 5.41) is 9.14. The van der Waals surface area contributed by atoms with Gasteiger partial charge in [-0.3, -0.25) is 0 Å². The maximum Gasteiger partial charge on any atom is 0.335 e. The van der Waals surface area contributed by atoms with Crippen molar-refractivity contribution in [3.8, 4) is 0 Å². The van der Waals surface area contributed by atoms with Gasteiger partial charge in [0.1, 0.15) is 0 Å². The fourth-order valence-corrected chi connectivity index (χ4v) is 4.65. The highest BCUT2D eigenvalue weighted by Crippen LogP contribution is 2.28. The minimum atomic E-state index is -3.62. The molecule has 1 N–H and O–H groups in total. The summed E-state index contributed by atoms with van der Waals surface area (Å²) < 4.78 is 27.1. The van der Waals surface area contributed by atoms with Crippen molar-refractivity contribution < 1.29 is 18.3 Å². The number of aromatic carboxylic acids is 1. The molecule has 1 aliphatic heterocycles. The van der Waals surface area contributed by atoms with E-state index in [1.165, 1.54) is 22.5 Å². The smallest absolute Gasteiger partial charge is 0.335 e. The summed E-state index contributed by atoms with van der Waals surface area (Å²) in [4.78, 5) is 11.3. The van der Waals surface area contributed by atoms with Crippen LogP contribution in [0.4, 0.5) is 0 Å². The first kappa shape index (κ1) is 16.0. The molecule has 0 spiro atoms. The van der Waals surface area contributed by atoms with E-state index in [-0.39, 0.29) is 10.5 Å². The van der Waals surface area contributed by atoms with Gasteiger partial charge in [0, 0.05) is 13.1 Å². The molecule has 0 bridgehead atoms. The average molecular weight is 311 g/mol. The van der Waals surface area contributed by atoms with Gasteiger partial charge in [0.15, 0.2) is 0 Å². The van der Waals surface area contributed by atoms with Gasteiger partial charge in [-0.25, -0.2) is 13.2 Å². The van der Waals surface area contributed by atoms with E-state index in [1.54, 1.807) is 6.92 Å². The summed E-state index contributed by atoms with van der Waals surface area (Å²) in [5.41, 5.74) is 0.351. The fraction of sp³-hybridized carbons (Fsp3) is 0.533. The second kappa shape index (κ2) is 6.15. The van der Waals surface area contributed by atoms with Gasteiger partial charge in [-0.1, -0.05) is 19.4 Å². The number of carboxylic acids is 1. The molecule has 0 aromatic heterocycles. The van der Waals surface area contributed by atoms with E-state index in [0.717, 1.165) is 19.3 Å². The van der Waals surface area contributed by atoms with Crippen molar-refractivity contribution in [2.75, 3.05) is 13.1 Å². The molecule has 1 aromatic carbocycles. The highest BCUT2D eigenvalue weighted by Gasteiger charge is 2.31. The third-order valence-corrected chi connectivity index (χ3v) is 6.20. The molecule has 2 rings (SSSR count). The molecule has 5 nitrogen and oxygen atoms in total. The van der Waals surface area contributed by atoms with E-state index >= 15 is 0 Å². The lowest BCUT2D eigenvalue weighted by Crippen LogP contribution is -2.40. The predicted octanol–water partition coefficient (Wildman–Crippen LogP) is 2.50. The average Bonchev–Trinajstić information content (AvgIpc) is 2.47. The Morgan fingerprint density at radius 1 is 1.43 bits per heavy atom. The number of rotatable bonds is 4. The number of carbonyl (C=O) groups is 1. The molecule has 6 heteroatoms. The quantitative estimate of drug-likeness (QED) is 0.927. The Balaban J connectivity index is 2.40. The Labute approximate surface area is 125 Å². The van der Waals surface area contributed by atoms with E-state index in [4.69, 9.17) is 5.11 Å². The zero-order valence-electron chi connectivity index (χ0n) is 12.4. The second-order valence-electron chi connectivity index (χ2n) is 5.51. The number of hydrogen-bond acceptors (Lipinski definition) is 3. The van der Waals surface area contributed by atoms with Crippen LogP contribution >= 0.6 is 0 Å². The molecule has 1 aliphatic rings. The van der Waals surface area contributed by atoms with Crippen LogP contribution in [0.2, 0.25) is 0 Å². The van der Waals surface area contributed by atoms with Crippen LogP contribution in [0.5, 0.6) is 0 Å². The molecule has 0 saturated carbocycles. The van der Waals surface area contributed by atoms with E-state index < -0.39 is 16.0 Å². The summed E-state index contributed by atoms with van der Waals surface area (Å²) in [7, 11) is -3.62. The molecule has 1 aromatic rings. The second-order valence-corrected chi connectivity index (χ2v) is 7.42. The summed E-state index contributed by atoms with van der Waals surface area (Å²) in [6.45, 7) is 4.65. The molecule has 1 saturated heterocycles. The summed E-state index contributed by atoms with van der Waals surface area (Å²) >= 11 is 0. The highest BCUT2D eigenvalue weighted by molar-refractivity contribution is 7.89. The van der Waals surface area contributed by atoms with Crippen LogP contribution in [0.25, 0.3) is 0 Å². The van der Waals surface area contributed by atoms with Crippen LogP contribution in [0.1, 0.15) is 42.1 Å². The molecule has 116 valence electrons. The topological polar surface area (TPSA) is 74.7 Å². The molecule has 0 amide bonds. The monoisotopic (exact) mass is 311 g/mol. The van der Waals surface area contributed by atoms with Crippen molar-refractivity contribution >= 4 is 16.0 Å². The molecule has 21 heavy (non-hydrogen) atoms. The maximum atomic E-state index is 12.8. The first-order chi connectivity index (χ1) is 9.87. The number of sulfonamides is 1. The lowest BCUT2D eigenvalue weighted by molar-refractivity contribution is 0.0696. The Hall–Kier alpha value is -1.40. The Morgan fingerprint density at radius 2 is 2.14 bits per heavy atom. The zero-order chi connectivity index (χ0) is 15.6. The van der Waals surface area contributed by atoms with Gasteiger partial charge in [0.25, 0.3) is 0 Å². The van der Waals surface area contributed by atoms with E-state index in [9.17, 15) is 13.2 Å². The number of carboxylic acid groups (broad SMARTS) is 1. The molecule has 0 aliphatic carbocycles. The van der Waals surface area contributed by atoms with E-state index in [2.05, 4.69) is 6.92 Å². The Kier molecular flexibility index (Phi) is 4.68. The van der Waals surface area contributed by atoms with Crippen molar-refractivity contribution in [2.24, 2.45) is 5.92 Å². The lowest BCUT2D eigenvalue weighted by atomic mass is 9.97. The van der Waals surface area contributed by atoms with Crippen molar-refractivity contribution in [1.82, 2.24) is 4.31 Å². The standard InChI is InChI=1S/C15H21NO4S/c1-3-12-6-5-9-16(10-12)21(19,20)14-8-4-7-13(11(14)2)15(17)18/h4,7-8,12H,3,5-6,9-10H2,1-2H3,(H,17,18). The Morgan fingerprint density at radius 3 is 2.76 bits per heavy atom. The van der Waals surface area contributed by atoms with Crippen molar-refractivity contribution in [3.05, 3.63) is 29.3 Å².